The van der Waals surface area contributed by atoms with Gasteiger partial charge in [0.1, 0.15) is 0 Å². The van der Waals surface area contributed by atoms with Gasteiger partial charge in [0.05, 0.1) is 30.5 Å². The molecule has 1 saturated carbocycles. The molecule has 4 atom stereocenters. The SMILES string of the molecule is CC(O)C1(C(C)O)CCCC(C(C)O)(C(C)O)C1O. The first-order valence-corrected chi connectivity index (χ1v) is 7.04. The van der Waals surface area contributed by atoms with Crippen molar-refractivity contribution in [3.63, 3.8) is 0 Å². The van der Waals surface area contributed by atoms with E-state index in [4.69, 9.17) is 0 Å². The van der Waals surface area contributed by atoms with Crippen LogP contribution in [0.1, 0.15) is 47.0 Å². The van der Waals surface area contributed by atoms with Gasteiger partial charge in [0.15, 0.2) is 0 Å². The Morgan fingerprint density at radius 2 is 1.00 bits per heavy atom. The summed E-state index contributed by atoms with van der Waals surface area (Å²) in [7, 11) is 0. The van der Waals surface area contributed by atoms with E-state index in [-0.39, 0.29) is 0 Å². The average Bonchev–Trinajstić information content (AvgIpc) is 2.27. The van der Waals surface area contributed by atoms with Crippen molar-refractivity contribution in [2.75, 3.05) is 0 Å². The zero-order valence-electron chi connectivity index (χ0n) is 12.2. The quantitative estimate of drug-likeness (QED) is 0.498. The van der Waals surface area contributed by atoms with Crippen LogP contribution >= 0.6 is 0 Å². The van der Waals surface area contributed by atoms with Crippen molar-refractivity contribution in [2.45, 2.75) is 77.5 Å². The van der Waals surface area contributed by atoms with E-state index in [0.717, 1.165) is 0 Å². The molecule has 5 heteroatoms. The summed E-state index contributed by atoms with van der Waals surface area (Å²) in [6, 6.07) is 0. The van der Waals surface area contributed by atoms with Gasteiger partial charge in [0.2, 0.25) is 0 Å². The predicted molar refractivity (Wildman–Crippen MR) is 71.4 cm³/mol. The van der Waals surface area contributed by atoms with E-state index < -0.39 is 41.3 Å². The molecule has 1 rings (SSSR count). The smallest absolute Gasteiger partial charge is 0.0751 e. The van der Waals surface area contributed by atoms with Gasteiger partial charge in [-0.2, -0.15) is 0 Å². The average molecular weight is 276 g/mol. The maximum atomic E-state index is 10.8. The van der Waals surface area contributed by atoms with E-state index in [1.54, 1.807) is 0 Å². The molecule has 1 fully saturated rings. The molecule has 4 unspecified atom stereocenters. The van der Waals surface area contributed by atoms with E-state index in [9.17, 15) is 25.5 Å². The molecule has 0 aromatic heterocycles. The lowest BCUT2D eigenvalue weighted by molar-refractivity contribution is -0.240. The number of hydrogen-bond acceptors (Lipinski definition) is 5. The summed E-state index contributed by atoms with van der Waals surface area (Å²) >= 11 is 0. The Kier molecular flexibility index (Phi) is 5.02. The maximum Gasteiger partial charge on any atom is 0.0751 e. The maximum absolute atomic E-state index is 10.8. The molecule has 1 aliphatic rings. The summed E-state index contributed by atoms with van der Waals surface area (Å²) in [5.41, 5.74) is -2.24. The Bertz CT molecular complexity index is 254. The summed E-state index contributed by atoms with van der Waals surface area (Å²) in [5.74, 6) is 0. The summed E-state index contributed by atoms with van der Waals surface area (Å²) < 4.78 is 0. The van der Waals surface area contributed by atoms with Gasteiger partial charge in [0.25, 0.3) is 0 Å². The van der Waals surface area contributed by atoms with Crippen LogP contribution in [0.25, 0.3) is 0 Å². The zero-order valence-corrected chi connectivity index (χ0v) is 12.2. The zero-order chi connectivity index (χ0) is 15.0. The molecule has 0 amide bonds. The molecule has 0 heterocycles. The van der Waals surface area contributed by atoms with Crippen molar-refractivity contribution in [1.82, 2.24) is 0 Å². The van der Waals surface area contributed by atoms with Crippen molar-refractivity contribution in [2.24, 2.45) is 10.8 Å². The summed E-state index contributed by atoms with van der Waals surface area (Å²) in [6.45, 7) is 6.15. The molecule has 1 aliphatic carbocycles. The van der Waals surface area contributed by atoms with Crippen LogP contribution in [-0.2, 0) is 0 Å². The number of aliphatic hydroxyl groups is 5. The molecule has 0 saturated heterocycles. The van der Waals surface area contributed by atoms with Crippen molar-refractivity contribution in [1.29, 1.82) is 0 Å². The monoisotopic (exact) mass is 276 g/mol. The van der Waals surface area contributed by atoms with Crippen LogP contribution in [-0.4, -0.2) is 56.1 Å². The fourth-order valence-electron chi connectivity index (χ4n) is 3.92. The van der Waals surface area contributed by atoms with Crippen LogP contribution in [0.15, 0.2) is 0 Å². The van der Waals surface area contributed by atoms with Gasteiger partial charge in [-0.1, -0.05) is 6.42 Å². The molecular weight excluding hydrogens is 248 g/mol. The van der Waals surface area contributed by atoms with Crippen LogP contribution in [0.4, 0.5) is 0 Å². The minimum atomic E-state index is -1.17. The van der Waals surface area contributed by atoms with Crippen LogP contribution in [0, 0.1) is 10.8 Å². The van der Waals surface area contributed by atoms with Gasteiger partial charge in [-0.05, 0) is 40.5 Å². The Labute approximate surface area is 114 Å². The lowest BCUT2D eigenvalue weighted by Gasteiger charge is -2.57. The van der Waals surface area contributed by atoms with Crippen molar-refractivity contribution >= 4 is 0 Å². The largest absolute Gasteiger partial charge is 0.393 e. The number of rotatable bonds is 4. The van der Waals surface area contributed by atoms with Crippen LogP contribution in [0.5, 0.6) is 0 Å². The molecule has 5 N–H and O–H groups in total. The molecule has 0 aromatic rings. The molecule has 114 valence electrons. The van der Waals surface area contributed by atoms with Crippen LogP contribution < -0.4 is 0 Å². The first-order valence-electron chi connectivity index (χ1n) is 7.04. The van der Waals surface area contributed by atoms with Crippen LogP contribution in [0.3, 0.4) is 0 Å². The Balaban J connectivity index is 3.32. The van der Waals surface area contributed by atoms with Gasteiger partial charge >= 0.3 is 0 Å². The highest BCUT2D eigenvalue weighted by molar-refractivity contribution is 5.09. The van der Waals surface area contributed by atoms with E-state index in [2.05, 4.69) is 0 Å². The fraction of sp³-hybridized carbons (Fsp3) is 1.00. The summed E-state index contributed by atoms with van der Waals surface area (Å²) in [5, 5.41) is 51.1. The number of aliphatic hydroxyl groups excluding tert-OH is 5. The summed E-state index contributed by atoms with van der Waals surface area (Å²) in [4.78, 5) is 0. The van der Waals surface area contributed by atoms with Crippen molar-refractivity contribution in [3.8, 4) is 0 Å². The first kappa shape index (κ1) is 16.9. The van der Waals surface area contributed by atoms with Gasteiger partial charge in [-0.15, -0.1) is 0 Å². The molecule has 0 radical (unpaired) electrons. The summed E-state index contributed by atoms with van der Waals surface area (Å²) in [6.07, 6.45) is -3.34. The molecule has 0 spiro atoms. The molecule has 0 bridgehead atoms. The normalized spacial score (nSPS) is 42.5. The van der Waals surface area contributed by atoms with Crippen LogP contribution in [0.2, 0.25) is 0 Å². The Morgan fingerprint density at radius 1 is 0.737 bits per heavy atom. The van der Waals surface area contributed by atoms with E-state index >= 15 is 0 Å². The molecular formula is C14H28O5. The van der Waals surface area contributed by atoms with Crippen molar-refractivity contribution < 1.29 is 25.5 Å². The Morgan fingerprint density at radius 3 is 1.21 bits per heavy atom. The van der Waals surface area contributed by atoms with E-state index in [1.165, 1.54) is 27.7 Å². The van der Waals surface area contributed by atoms with Gasteiger partial charge in [0, 0.05) is 10.8 Å². The predicted octanol–water partition coefficient (Wildman–Crippen LogP) is 0.0272. The number of hydrogen-bond donors (Lipinski definition) is 5. The minimum absolute atomic E-state index is 0.463. The van der Waals surface area contributed by atoms with Gasteiger partial charge in [-0.25, -0.2) is 0 Å². The lowest BCUT2D eigenvalue weighted by Crippen LogP contribution is -2.66. The molecule has 5 nitrogen and oxygen atoms in total. The molecule has 0 aromatic carbocycles. The standard InChI is InChI=1S/C14H28O5/c1-8(15)13(9(2)16)6-5-7-14(10(3)17,11(4)18)12(13)19/h8-12,15-19H,5-7H2,1-4H3. The third-order valence-electron chi connectivity index (χ3n) is 5.35. The first-order chi connectivity index (χ1) is 8.64. The Hall–Kier alpha value is -0.200. The topological polar surface area (TPSA) is 101 Å². The second-order valence-corrected chi connectivity index (χ2v) is 6.18. The van der Waals surface area contributed by atoms with Gasteiger partial charge in [-0.3, -0.25) is 0 Å². The molecule has 0 aliphatic heterocycles. The second kappa shape index (κ2) is 5.66. The fourth-order valence-corrected chi connectivity index (χ4v) is 3.92. The minimum Gasteiger partial charge on any atom is -0.393 e. The lowest BCUT2D eigenvalue weighted by atomic mass is 9.53. The van der Waals surface area contributed by atoms with Crippen molar-refractivity contribution in [3.05, 3.63) is 0 Å². The highest BCUT2D eigenvalue weighted by atomic mass is 16.3. The second-order valence-electron chi connectivity index (χ2n) is 6.18. The van der Waals surface area contributed by atoms with E-state index in [0.29, 0.717) is 19.3 Å². The highest BCUT2D eigenvalue weighted by Crippen LogP contribution is 2.53. The third-order valence-corrected chi connectivity index (χ3v) is 5.35. The molecule has 19 heavy (non-hydrogen) atoms. The highest BCUT2D eigenvalue weighted by Gasteiger charge is 2.61. The van der Waals surface area contributed by atoms with E-state index in [1.807, 2.05) is 0 Å². The third kappa shape index (κ3) is 2.32. The van der Waals surface area contributed by atoms with Gasteiger partial charge < -0.3 is 25.5 Å².